The van der Waals surface area contributed by atoms with E-state index in [2.05, 4.69) is 20.7 Å². The van der Waals surface area contributed by atoms with Crippen molar-refractivity contribution in [1.82, 2.24) is 25.5 Å². The molecule has 1 aliphatic rings. The summed E-state index contributed by atoms with van der Waals surface area (Å²) < 4.78 is 19.0. The Morgan fingerprint density at radius 1 is 1.19 bits per heavy atom. The lowest BCUT2D eigenvalue weighted by Crippen LogP contribution is -2.46. The maximum atomic E-state index is 13.5. The molecular formula is C23H25ClFN5O2. The van der Waals surface area contributed by atoms with Gasteiger partial charge in [-0.3, -0.25) is 4.79 Å². The van der Waals surface area contributed by atoms with Crippen LogP contribution >= 0.6 is 11.6 Å². The van der Waals surface area contributed by atoms with E-state index < -0.39 is 6.04 Å². The highest BCUT2D eigenvalue weighted by atomic mass is 35.5. The molecule has 0 bridgehead atoms. The van der Waals surface area contributed by atoms with E-state index in [-0.39, 0.29) is 17.1 Å². The van der Waals surface area contributed by atoms with E-state index in [1.165, 1.54) is 16.9 Å². The molecule has 168 valence electrons. The fourth-order valence-corrected chi connectivity index (χ4v) is 4.16. The van der Waals surface area contributed by atoms with Crippen molar-refractivity contribution in [3.63, 3.8) is 0 Å². The SMILES string of the molecule is CCC(C(=O)NCC1(c2ccc(F)cc2)CCOCC1)n1nnc(-c2ccc(Cl)cc2)n1. The van der Waals surface area contributed by atoms with Gasteiger partial charge in [0.25, 0.3) is 0 Å². The average molecular weight is 458 g/mol. The van der Waals surface area contributed by atoms with Gasteiger partial charge in [-0.1, -0.05) is 30.7 Å². The molecule has 1 fully saturated rings. The molecule has 2 heterocycles. The van der Waals surface area contributed by atoms with Crippen LogP contribution in [0.25, 0.3) is 11.4 Å². The van der Waals surface area contributed by atoms with Gasteiger partial charge < -0.3 is 10.1 Å². The van der Waals surface area contributed by atoms with Gasteiger partial charge in [0, 0.05) is 35.8 Å². The molecule has 32 heavy (non-hydrogen) atoms. The fourth-order valence-electron chi connectivity index (χ4n) is 4.03. The third-order valence-electron chi connectivity index (χ3n) is 6.01. The van der Waals surface area contributed by atoms with Gasteiger partial charge in [0.05, 0.1) is 0 Å². The summed E-state index contributed by atoms with van der Waals surface area (Å²) >= 11 is 5.94. The molecule has 0 spiro atoms. The first kappa shape index (κ1) is 22.4. The lowest BCUT2D eigenvalue weighted by Gasteiger charge is -2.38. The molecule has 3 aromatic rings. The average Bonchev–Trinajstić information content (AvgIpc) is 3.29. The predicted octanol–water partition coefficient (Wildman–Crippen LogP) is 3.95. The van der Waals surface area contributed by atoms with Crippen LogP contribution in [0.1, 0.15) is 37.8 Å². The van der Waals surface area contributed by atoms with Gasteiger partial charge in [-0.25, -0.2) is 4.39 Å². The van der Waals surface area contributed by atoms with Gasteiger partial charge in [0.15, 0.2) is 6.04 Å². The Bertz CT molecular complexity index is 1050. The van der Waals surface area contributed by atoms with Gasteiger partial charge in [-0.15, -0.1) is 10.2 Å². The number of nitrogens with zero attached hydrogens (tertiary/aromatic N) is 4. The lowest BCUT2D eigenvalue weighted by molar-refractivity contribution is -0.125. The predicted molar refractivity (Wildman–Crippen MR) is 119 cm³/mol. The molecule has 1 N–H and O–H groups in total. The Labute approximate surface area is 190 Å². The van der Waals surface area contributed by atoms with Crippen LogP contribution in [0.4, 0.5) is 4.39 Å². The van der Waals surface area contributed by atoms with Gasteiger partial charge in [0.1, 0.15) is 5.82 Å². The van der Waals surface area contributed by atoms with Gasteiger partial charge in [0.2, 0.25) is 11.7 Å². The summed E-state index contributed by atoms with van der Waals surface area (Å²) in [5, 5.41) is 16.3. The standard InChI is InChI=1S/C23H25ClFN5O2/c1-2-20(30-28-21(27-29-30)16-3-7-18(24)8-4-16)22(31)26-15-23(11-13-32-14-12-23)17-5-9-19(25)10-6-17/h3-10,20H,2,11-15H2,1H3,(H,26,31). The smallest absolute Gasteiger partial charge is 0.246 e. The minimum Gasteiger partial charge on any atom is -0.381 e. The number of hydrogen-bond acceptors (Lipinski definition) is 5. The Hall–Kier alpha value is -2.84. The molecule has 1 amide bonds. The number of rotatable bonds is 7. The number of halogens is 2. The molecule has 0 aliphatic carbocycles. The van der Waals surface area contributed by atoms with Crippen molar-refractivity contribution in [3.05, 3.63) is 64.9 Å². The zero-order chi connectivity index (χ0) is 22.6. The third-order valence-corrected chi connectivity index (χ3v) is 6.26. The van der Waals surface area contributed by atoms with Crippen molar-refractivity contribution >= 4 is 17.5 Å². The van der Waals surface area contributed by atoms with E-state index in [0.717, 1.165) is 24.0 Å². The van der Waals surface area contributed by atoms with E-state index in [0.29, 0.717) is 37.0 Å². The second-order valence-electron chi connectivity index (χ2n) is 7.98. The maximum Gasteiger partial charge on any atom is 0.246 e. The first-order chi connectivity index (χ1) is 15.5. The quantitative estimate of drug-likeness (QED) is 0.581. The third kappa shape index (κ3) is 4.81. The molecule has 7 nitrogen and oxygen atoms in total. The van der Waals surface area contributed by atoms with Crippen LogP contribution < -0.4 is 5.32 Å². The largest absolute Gasteiger partial charge is 0.381 e. The molecule has 9 heteroatoms. The minimum atomic E-state index is -0.589. The van der Waals surface area contributed by atoms with Crippen LogP contribution in [0.2, 0.25) is 5.02 Å². The summed E-state index contributed by atoms with van der Waals surface area (Å²) in [6.45, 7) is 3.52. The molecule has 2 aromatic carbocycles. The number of amides is 1. The Kier molecular flexibility index (Phi) is 6.81. The van der Waals surface area contributed by atoms with Crippen LogP contribution in [0.15, 0.2) is 48.5 Å². The Morgan fingerprint density at radius 3 is 2.53 bits per heavy atom. The van der Waals surface area contributed by atoms with Crippen molar-refractivity contribution in [2.45, 2.75) is 37.6 Å². The first-order valence-corrected chi connectivity index (χ1v) is 11.1. The second-order valence-corrected chi connectivity index (χ2v) is 8.42. The summed E-state index contributed by atoms with van der Waals surface area (Å²) in [5.41, 5.74) is 1.47. The minimum absolute atomic E-state index is 0.180. The van der Waals surface area contributed by atoms with E-state index in [1.807, 2.05) is 19.1 Å². The molecular weight excluding hydrogens is 433 g/mol. The molecule has 1 atom stereocenters. The van der Waals surface area contributed by atoms with E-state index in [1.54, 1.807) is 24.3 Å². The molecule has 1 aliphatic heterocycles. The molecule has 0 saturated carbocycles. The van der Waals surface area contributed by atoms with Crippen molar-refractivity contribution in [2.24, 2.45) is 0 Å². The number of nitrogens with one attached hydrogen (secondary N) is 1. The zero-order valence-corrected chi connectivity index (χ0v) is 18.6. The highest BCUT2D eigenvalue weighted by Crippen LogP contribution is 2.34. The summed E-state index contributed by atoms with van der Waals surface area (Å²) in [6, 6.07) is 13.0. The second kappa shape index (κ2) is 9.75. The first-order valence-electron chi connectivity index (χ1n) is 10.7. The van der Waals surface area contributed by atoms with Crippen LogP contribution in [0, 0.1) is 5.82 Å². The number of tetrazole rings is 1. The Morgan fingerprint density at radius 2 is 1.88 bits per heavy atom. The highest BCUT2D eigenvalue weighted by molar-refractivity contribution is 6.30. The lowest BCUT2D eigenvalue weighted by atomic mass is 9.74. The Balaban J connectivity index is 1.49. The number of carbonyl (C=O) groups excluding carboxylic acids is 1. The maximum absolute atomic E-state index is 13.5. The number of hydrogen-bond donors (Lipinski definition) is 1. The van der Waals surface area contributed by atoms with Crippen molar-refractivity contribution in [1.29, 1.82) is 0 Å². The van der Waals surface area contributed by atoms with Gasteiger partial charge in [-0.05, 0) is 66.4 Å². The van der Waals surface area contributed by atoms with Crippen LogP contribution in [0.3, 0.4) is 0 Å². The van der Waals surface area contributed by atoms with Crippen molar-refractivity contribution in [2.75, 3.05) is 19.8 Å². The number of benzene rings is 2. The number of ether oxygens (including phenoxy) is 1. The van der Waals surface area contributed by atoms with Crippen LogP contribution in [-0.4, -0.2) is 45.9 Å². The van der Waals surface area contributed by atoms with Crippen molar-refractivity contribution < 1.29 is 13.9 Å². The summed E-state index contributed by atoms with van der Waals surface area (Å²) in [6.07, 6.45) is 2.00. The number of aromatic nitrogens is 4. The summed E-state index contributed by atoms with van der Waals surface area (Å²) in [4.78, 5) is 14.4. The van der Waals surface area contributed by atoms with E-state index >= 15 is 0 Å². The molecule has 1 saturated heterocycles. The summed E-state index contributed by atoms with van der Waals surface area (Å²) in [5.74, 6) is -0.0274. The summed E-state index contributed by atoms with van der Waals surface area (Å²) in [7, 11) is 0. The van der Waals surface area contributed by atoms with Crippen LogP contribution in [-0.2, 0) is 14.9 Å². The molecule has 1 unspecified atom stereocenters. The normalized spacial score (nSPS) is 16.5. The van der Waals surface area contributed by atoms with E-state index in [9.17, 15) is 9.18 Å². The van der Waals surface area contributed by atoms with Gasteiger partial charge in [-0.2, -0.15) is 4.80 Å². The highest BCUT2D eigenvalue weighted by Gasteiger charge is 2.36. The molecule has 0 radical (unpaired) electrons. The number of carbonyl (C=O) groups is 1. The molecule has 1 aromatic heterocycles. The van der Waals surface area contributed by atoms with Gasteiger partial charge >= 0.3 is 0 Å². The fraction of sp³-hybridized carbons (Fsp3) is 0.391. The topological polar surface area (TPSA) is 81.9 Å². The molecule has 4 rings (SSSR count). The monoisotopic (exact) mass is 457 g/mol. The van der Waals surface area contributed by atoms with E-state index in [4.69, 9.17) is 16.3 Å². The van der Waals surface area contributed by atoms with Crippen molar-refractivity contribution in [3.8, 4) is 11.4 Å². The van der Waals surface area contributed by atoms with Crippen LogP contribution in [0.5, 0.6) is 0 Å². The zero-order valence-electron chi connectivity index (χ0n) is 17.8.